The van der Waals surface area contributed by atoms with Gasteiger partial charge in [-0.2, -0.15) is 0 Å². The van der Waals surface area contributed by atoms with Gasteiger partial charge in [0.05, 0.1) is 12.2 Å². The van der Waals surface area contributed by atoms with Crippen molar-refractivity contribution in [3.05, 3.63) is 36.5 Å². The lowest BCUT2D eigenvalue weighted by Gasteiger charge is -2.13. The van der Waals surface area contributed by atoms with Gasteiger partial charge in [0.1, 0.15) is 5.82 Å². The summed E-state index contributed by atoms with van der Waals surface area (Å²) in [5.74, 6) is 1.41. The quantitative estimate of drug-likeness (QED) is 0.851. The predicted molar refractivity (Wildman–Crippen MR) is 82.5 cm³/mol. The number of anilines is 1. The molecule has 6 heteroatoms. The number of hydrogen-bond donors (Lipinski definition) is 2. The van der Waals surface area contributed by atoms with Crippen LogP contribution in [0.2, 0.25) is 0 Å². The van der Waals surface area contributed by atoms with Crippen LogP contribution >= 0.6 is 0 Å². The Kier molecular flexibility index (Phi) is 5.05. The van der Waals surface area contributed by atoms with Crippen LogP contribution < -0.4 is 10.6 Å². The number of carbonyl (C=O) groups is 1. The highest BCUT2D eigenvalue weighted by molar-refractivity contribution is 5.93. The summed E-state index contributed by atoms with van der Waals surface area (Å²) < 4.78 is 1.84. The van der Waals surface area contributed by atoms with E-state index in [2.05, 4.69) is 34.4 Å². The Labute approximate surface area is 124 Å². The average Bonchev–Trinajstić information content (AvgIpc) is 2.91. The van der Waals surface area contributed by atoms with Crippen molar-refractivity contribution in [3.8, 4) is 5.82 Å². The fourth-order valence-corrected chi connectivity index (χ4v) is 1.89. The maximum Gasteiger partial charge on any atom is 0.238 e. The molecule has 2 N–H and O–H groups in total. The lowest BCUT2D eigenvalue weighted by molar-refractivity contribution is -0.115. The van der Waals surface area contributed by atoms with Gasteiger partial charge in [-0.05, 0) is 32.4 Å². The van der Waals surface area contributed by atoms with E-state index in [0.717, 1.165) is 12.2 Å². The van der Waals surface area contributed by atoms with Gasteiger partial charge >= 0.3 is 0 Å². The van der Waals surface area contributed by atoms with E-state index in [9.17, 15) is 4.79 Å². The third kappa shape index (κ3) is 3.88. The Bertz CT molecular complexity index is 608. The molecule has 0 spiro atoms. The van der Waals surface area contributed by atoms with Gasteiger partial charge in [0.15, 0.2) is 5.82 Å². The number of aromatic nitrogens is 3. The molecule has 2 aromatic rings. The summed E-state index contributed by atoms with van der Waals surface area (Å²) in [6.07, 6.45) is 6.21. The molecule has 0 fully saturated rings. The van der Waals surface area contributed by atoms with Crippen molar-refractivity contribution in [1.82, 2.24) is 19.9 Å². The zero-order valence-corrected chi connectivity index (χ0v) is 12.6. The number of nitrogens with zero attached hydrogens (tertiary/aromatic N) is 3. The maximum absolute atomic E-state index is 12.0. The standard InChI is InChI=1S/C15H21N5O/c1-4-11(2)18-10-14(21)19-13-6-5-7-17-15(13)20-9-8-16-12(20)3/h5-9,11,18H,4,10H2,1-3H3,(H,19,21). The Morgan fingerprint density at radius 1 is 1.38 bits per heavy atom. The third-order valence-corrected chi connectivity index (χ3v) is 3.34. The van der Waals surface area contributed by atoms with Gasteiger partial charge in [0.2, 0.25) is 5.91 Å². The minimum Gasteiger partial charge on any atom is -0.322 e. The van der Waals surface area contributed by atoms with Crippen molar-refractivity contribution in [2.24, 2.45) is 0 Å². The topological polar surface area (TPSA) is 71.8 Å². The van der Waals surface area contributed by atoms with Crippen molar-refractivity contribution < 1.29 is 4.79 Å². The highest BCUT2D eigenvalue weighted by Gasteiger charge is 2.11. The summed E-state index contributed by atoms with van der Waals surface area (Å²) in [5.41, 5.74) is 0.676. The first-order valence-corrected chi connectivity index (χ1v) is 7.10. The van der Waals surface area contributed by atoms with Gasteiger partial charge in [0.25, 0.3) is 0 Å². The lowest BCUT2D eigenvalue weighted by atomic mass is 10.2. The molecule has 0 aromatic carbocycles. The molecule has 112 valence electrons. The molecule has 0 aliphatic rings. The average molecular weight is 287 g/mol. The van der Waals surface area contributed by atoms with E-state index in [1.165, 1.54) is 0 Å². The molecule has 1 atom stereocenters. The second-order valence-corrected chi connectivity index (χ2v) is 4.96. The monoisotopic (exact) mass is 287 g/mol. The van der Waals surface area contributed by atoms with Crippen molar-refractivity contribution in [3.63, 3.8) is 0 Å². The Morgan fingerprint density at radius 2 is 2.19 bits per heavy atom. The molecule has 0 saturated heterocycles. The second kappa shape index (κ2) is 6.99. The molecule has 0 bridgehead atoms. The number of amides is 1. The Morgan fingerprint density at radius 3 is 2.86 bits per heavy atom. The first-order valence-electron chi connectivity index (χ1n) is 7.10. The first-order chi connectivity index (χ1) is 10.1. The van der Waals surface area contributed by atoms with E-state index in [-0.39, 0.29) is 12.5 Å². The van der Waals surface area contributed by atoms with Crippen LogP contribution in [-0.2, 0) is 4.79 Å². The molecule has 21 heavy (non-hydrogen) atoms. The second-order valence-electron chi connectivity index (χ2n) is 4.96. The molecule has 6 nitrogen and oxygen atoms in total. The highest BCUT2D eigenvalue weighted by Crippen LogP contribution is 2.18. The van der Waals surface area contributed by atoms with Crippen LogP contribution in [0.25, 0.3) is 5.82 Å². The summed E-state index contributed by atoms with van der Waals surface area (Å²) in [4.78, 5) is 20.5. The van der Waals surface area contributed by atoms with Gasteiger partial charge in [-0.1, -0.05) is 6.92 Å². The summed E-state index contributed by atoms with van der Waals surface area (Å²) in [6, 6.07) is 3.95. The highest BCUT2D eigenvalue weighted by atomic mass is 16.1. The van der Waals surface area contributed by atoms with Crippen LogP contribution in [0.3, 0.4) is 0 Å². The van der Waals surface area contributed by atoms with Gasteiger partial charge in [0, 0.05) is 24.6 Å². The molecule has 0 radical (unpaired) electrons. The number of nitrogens with one attached hydrogen (secondary N) is 2. The zero-order chi connectivity index (χ0) is 15.2. The van der Waals surface area contributed by atoms with Crippen LogP contribution in [0.1, 0.15) is 26.1 Å². The molecule has 0 aliphatic heterocycles. The number of aryl methyl sites for hydroxylation is 1. The van der Waals surface area contributed by atoms with Crippen molar-refractivity contribution in [2.75, 3.05) is 11.9 Å². The van der Waals surface area contributed by atoms with E-state index in [4.69, 9.17) is 0 Å². The van der Waals surface area contributed by atoms with Gasteiger partial charge in [-0.15, -0.1) is 0 Å². The lowest BCUT2D eigenvalue weighted by Crippen LogP contribution is -2.34. The fraction of sp³-hybridized carbons (Fsp3) is 0.400. The number of imidazole rings is 1. The molecular formula is C15H21N5O. The maximum atomic E-state index is 12.0. The largest absolute Gasteiger partial charge is 0.322 e. The predicted octanol–water partition coefficient (Wildman–Crippen LogP) is 1.90. The van der Waals surface area contributed by atoms with Gasteiger partial charge < -0.3 is 10.6 Å². The van der Waals surface area contributed by atoms with Gasteiger partial charge in [-0.3, -0.25) is 9.36 Å². The minimum absolute atomic E-state index is 0.0812. The van der Waals surface area contributed by atoms with E-state index in [1.54, 1.807) is 18.5 Å². The minimum atomic E-state index is -0.0812. The molecular weight excluding hydrogens is 266 g/mol. The fourth-order valence-electron chi connectivity index (χ4n) is 1.89. The van der Waals surface area contributed by atoms with E-state index in [1.807, 2.05) is 23.8 Å². The number of carbonyl (C=O) groups excluding carboxylic acids is 1. The molecule has 1 unspecified atom stereocenters. The van der Waals surface area contributed by atoms with Crippen LogP contribution in [-0.4, -0.2) is 33.0 Å². The molecule has 1 amide bonds. The zero-order valence-electron chi connectivity index (χ0n) is 12.6. The van der Waals surface area contributed by atoms with E-state index >= 15 is 0 Å². The Hall–Kier alpha value is -2.21. The summed E-state index contributed by atoms with van der Waals surface area (Å²) >= 11 is 0. The molecule has 2 aromatic heterocycles. The number of rotatable bonds is 6. The number of hydrogen-bond acceptors (Lipinski definition) is 4. The molecule has 2 rings (SSSR count). The van der Waals surface area contributed by atoms with E-state index < -0.39 is 0 Å². The summed E-state index contributed by atoms with van der Waals surface area (Å²) in [6.45, 7) is 6.31. The number of pyridine rings is 1. The van der Waals surface area contributed by atoms with Crippen LogP contribution in [0.4, 0.5) is 5.69 Å². The van der Waals surface area contributed by atoms with Crippen molar-refractivity contribution >= 4 is 11.6 Å². The van der Waals surface area contributed by atoms with Gasteiger partial charge in [-0.25, -0.2) is 9.97 Å². The molecule has 2 heterocycles. The summed E-state index contributed by atoms with van der Waals surface area (Å²) in [7, 11) is 0. The van der Waals surface area contributed by atoms with E-state index in [0.29, 0.717) is 17.5 Å². The SMILES string of the molecule is CCC(C)NCC(=O)Nc1cccnc1-n1ccnc1C. The molecule has 0 saturated carbocycles. The Balaban J connectivity index is 2.11. The first kappa shape index (κ1) is 15.2. The van der Waals surface area contributed by atoms with Crippen molar-refractivity contribution in [2.45, 2.75) is 33.2 Å². The summed E-state index contributed by atoms with van der Waals surface area (Å²) in [5, 5.41) is 6.06. The third-order valence-electron chi connectivity index (χ3n) is 3.34. The smallest absolute Gasteiger partial charge is 0.238 e. The van der Waals surface area contributed by atoms with Crippen LogP contribution in [0, 0.1) is 6.92 Å². The normalized spacial score (nSPS) is 12.1. The van der Waals surface area contributed by atoms with Crippen LogP contribution in [0.15, 0.2) is 30.7 Å². The van der Waals surface area contributed by atoms with Crippen LogP contribution in [0.5, 0.6) is 0 Å². The molecule has 0 aliphatic carbocycles. The van der Waals surface area contributed by atoms with Crippen molar-refractivity contribution in [1.29, 1.82) is 0 Å².